The molecule has 1 aromatic carbocycles. The van der Waals surface area contributed by atoms with Crippen molar-refractivity contribution in [3.05, 3.63) is 57.8 Å². The van der Waals surface area contributed by atoms with Crippen LogP contribution in [-0.2, 0) is 11.3 Å². The number of nitrogens with one attached hydrogen (secondary N) is 2. The van der Waals surface area contributed by atoms with Gasteiger partial charge in [0.1, 0.15) is 0 Å². The molecule has 2 atom stereocenters. The van der Waals surface area contributed by atoms with E-state index in [4.69, 9.17) is 9.84 Å². The second-order valence-corrected chi connectivity index (χ2v) is 6.90. The van der Waals surface area contributed by atoms with E-state index in [9.17, 15) is 9.59 Å². The maximum absolute atomic E-state index is 12.1. The molecule has 0 radical (unpaired) electrons. The first-order valence-corrected chi connectivity index (χ1v) is 9.01. The highest BCUT2D eigenvalue weighted by Gasteiger charge is 2.25. The Morgan fingerprint density at radius 3 is 2.72 bits per heavy atom. The minimum Gasteiger partial charge on any atom is -0.478 e. The summed E-state index contributed by atoms with van der Waals surface area (Å²) in [5.74, 6) is -0.961. The predicted octanol–water partition coefficient (Wildman–Crippen LogP) is 3.17. The number of carboxylic acid groups (broad SMARTS) is 1. The Bertz CT molecular complexity index is 715. The summed E-state index contributed by atoms with van der Waals surface area (Å²) in [6.07, 6.45) is 1.60. The fraction of sp³-hybridized carbons (Fsp3) is 0.333. The molecule has 1 aliphatic heterocycles. The van der Waals surface area contributed by atoms with Crippen molar-refractivity contribution in [1.29, 1.82) is 0 Å². The summed E-state index contributed by atoms with van der Waals surface area (Å²) in [4.78, 5) is 24.1. The second kappa shape index (κ2) is 8.13. The minimum atomic E-state index is -0.961. The molecule has 7 heteroatoms. The molecule has 1 saturated heterocycles. The van der Waals surface area contributed by atoms with Gasteiger partial charge in [-0.15, -0.1) is 11.3 Å². The van der Waals surface area contributed by atoms with E-state index in [-0.39, 0.29) is 23.7 Å². The number of hydrogen-bond acceptors (Lipinski definition) is 4. The zero-order valence-electron chi connectivity index (χ0n) is 13.6. The van der Waals surface area contributed by atoms with Crippen LogP contribution in [-0.4, -0.2) is 29.8 Å². The monoisotopic (exact) mass is 360 g/mol. The van der Waals surface area contributed by atoms with Crippen LogP contribution in [0.2, 0.25) is 0 Å². The van der Waals surface area contributed by atoms with Crippen LogP contribution in [0.1, 0.15) is 39.7 Å². The molecule has 1 fully saturated rings. The molecule has 0 bridgehead atoms. The molecule has 0 unspecified atom stereocenters. The van der Waals surface area contributed by atoms with Gasteiger partial charge in [0, 0.05) is 24.1 Å². The van der Waals surface area contributed by atoms with Gasteiger partial charge in [0.15, 0.2) is 0 Å². The molecular formula is C18H20N2O4S. The Kier molecular flexibility index (Phi) is 5.67. The number of carbonyl (C=O) groups excluding carboxylic acids is 1. The van der Waals surface area contributed by atoms with Crippen molar-refractivity contribution in [2.24, 2.45) is 0 Å². The van der Waals surface area contributed by atoms with E-state index in [2.05, 4.69) is 16.7 Å². The van der Waals surface area contributed by atoms with E-state index in [1.54, 1.807) is 23.5 Å². The summed E-state index contributed by atoms with van der Waals surface area (Å²) >= 11 is 1.67. The number of urea groups is 1. The van der Waals surface area contributed by atoms with Gasteiger partial charge in [-0.25, -0.2) is 9.59 Å². The van der Waals surface area contributed by atoms with Crippen LogP contribution in [0.4, 0.5) is 4.79 Å². The third-order valence-corrected chi connectivity index (χ3v) is 5.10. The Morgan fingerprint density at radius 2 is 2.04 bits per heavy atom. The van der Waals surface area contributed by atoms with Crippen molar-refractivity contribution in [3.63, 3.8) is 0 Å². The van der Waals surface area contributed by atoms with Gasteiger partial charge in [0.25, 0.3) is 0 Å². The molecule has 3 rings (SSSR count). The van der Waals surface area contributed by atoms with E-state index in [1.807, 2.05) is 11.4 Å². The predicted molar refractivity (Wildman–Crippen MR) is 94.8 cm³/mol. The summed E-state index contributed by atoms with van der Waals surface area (Å²) in [5.41, 5.74) is 1.08. The summed E-state index contributed by atoms with van der Waals surface area (Å²) in [6.45, 7) is 0.980. The van der Waals surface area contributed by atoms with Gasteiger partial charge in [0.2, 0.25) is 0 Å². The molecule has 0 saturated carbocycles. The third kappa shape index (κ3) is 4.80. The molecule has 2 heterocycles. The quantitative estimate of drug-likeness (QED) is 0.764. The molecule has 0 aliphatic carbocycles. The van der Waals surface area contributed by atoms with E-state index in [0.29, 0.717) is 13.2 Å². The fourth-order valence-corrected chi connectivity index (χ4v) is 3.57. The normalized spacial score (nSPS) is 20.0. The summed E-state index contributed by atoms with van der Waals surface area (Å²) < 4.78 is 5.78. The van der Waals surface area contributed by atoms with Gasteiger partial charge in [0.05, 0.1) is 11.7 Å². The van der Waals surface area contributed by atoms with Crippen LogP contribution in [0.25, 0.3) is 0 Å². The van der Waals surface area contributed by atoms with Crippen molar-refractivity contribution in [1.82, 2.24) is 10.6 Å². The van der Waals surface area contributed by atoms with Gasteiger partial charge in [-0.05, 0) is 42.0 Å². The maximum Gasteiger partial charge on any atom is 0.335 e. The average Bonchev–Trinajstić information content (AvgIpc) is 3.15. The SMILES string of the molecule is O=C(NCc1ccc(C(=O)O)cc1)N[C@@H]1CCO[C@@H](c2cccs2)C1. The van der Waals surface area contributed by atoms with E-state index in [0.717, 1.165) is 18.4 Å². The molecule has 6 nitrogen and oxygen atoms in total. The molecule has 2 amide bonds. The molecule has 2 aromatic rings. The number of hydrogen-bond donors (Lipinski definition) is 3. The highest BCUT2D eigenvalue weighted by atomic mass is 32.1. The van der Waals surface area contributed by atoms with Crippen molar-refractivity contribution in [2.45, 2.75) is 31.5 Å². The van der Waals surface area contributed by atoms with Gasteiger partial charge in [-0.2, -0.15) is 0 Å². The number of aromatic carboxylic acids is 1. The third-order valence-electron chi connectivity index (χ3n) is 4.13. The molecule has 132 valence electrons. The largest absolute Gasteiger partial charge is 0.478 e. The Balaban J connectivity index is 1.46. The zero-order valence-corrected chi connectivity index (χ0v) is 14.4. The standard InChI is InChI=1S/C18H20N2O4S/c21-17(22)13-5-3-12(4-6-13)11-19-18(23)20-14-7-8-24-15(10-14)16-2-1-9-25-16/h1-6,9,14-15H,7-8,10-11H2,(H,21,22)(H2,19,20,23)/t14-,15-/m1/s1. The zero-order chi connectivity index (χ0) is 17.6. The number of carboxylic acids is 1. The van der Waals surface area contributed by atoms with Crippen LogP contribution in [0.15, 0.2) is 41.8 Å². The first-order valence-electron chi connectivity index (χ1n) is 8.13. The van der Waals surface area contributed by atoms with E-state index in [1.165, 1.54) is 17.0 Å². The van der Waals surface area contributed by atoms with Crippen LogP contribution in [0.3, 0.4) is 0 Å². The van der Waals surface area contributed by atoms with E-state index >= 15 is 0 Å². The van der Waals surface area contributed by atoms with Crippen LogP contribution < -0.4 is 10.6 Å². The lowest BCUT2D eigenvalue weighted by molar-refractivity contribution is 0.00438. The van der Waals surface area contributed by atoms with Crippen LogP contribution >= 0.6 is 11.3 Å². The number of thiophene rings is 1. The lowest BCUT2D eigenvalue weighted by Crippen LogP contribution is -2.44. The molecule has 3 N–H and O–H groups in total. The lowest BCUT2D eigenvalue weighted by atomic mass is 10.0. The molecule has 1 aromatic heterocycles. The van der Waals surface area contributed by atoms with Crippen molar-refractivity contribution >= 4 is 23.3 Å². The topological polar surface area (TPSA) is 87.7 Å². The van der Waals surface area contributed by atoms with E-state index < -0.39 is 5.97 Å². The number of amides is 2. The van der Waals surface area contributed by atoms with Crippen molar-refractivity contribution < 1.29 is 19.4 Å². The second-order valence-electron chi connectivity index (χ2n) is 5.93. The van der Waals surface area contributed by atoms with Gasteiger partial charge >= 0.3 is 12.0 Å². The van der Waals surface area contributed by atoms with Crippen LogP contribution in [0.5, 0.6) is 0 Å². The highest BCUT2D eigenvalue weighted by Crippen LogP contribution is 2.30. The average molecular weight is 360 g/mol. The Hall–Kier alpha value is -2.38. The number of ether oxygens (including phenoxy) is 1. The van der Waals surface area contributed by atoms with Crippen LogP contribution in [0, 0.1) is 0 Å². The summed E-state index contributed by atoms with van der Waals surface area (Å²) in [5, 5.41) is 16.7. The van der Waals surface area contributed by atoms with Gasteiger partial charge in [-0.1, -0.05) is 18.2 Å². The molecule has 1 aliphatic rings. The molecule has 25 heavy (non-hydrogen) atoms. The number of benzene rings is 1. The summed E-state index contributed by atoms with van der Waals surface area (Å²) in [7, 11) is 0. The summed E-state index contributed by atoms with van der Waals surface area (Å²) in [6, 6.07) is 10.4. The fourth-order valence-electron chi connectivity index (χ4n) is 2.78. The lowest BCUT2D eigenvalue weighted by Gasteiger charge is -2.29. The van der Waals surface area contributed by atoms with Gasteiger partial charge < -0.3 is 20.5 Å². The van der Waals surface area contributed by atoms with Crippen molar-refractivity contribution in [2.75, 3.05) is 6.61 Å². The molecular weight excluding hydrogens is 340 g/mol. The Morgan fingerprint density at radius 1 is 1.24 bits per heavy atom. The molecule has 0 spiro atoms. The highest BCUT2D eigenvalue weighted by molar-refractivity contribution is 7.10. The Labute approximate surface area is 149 Å². The first-order chi connectivity index (χ1) is 12.1. The smallest absolute Gasteiger partial charge is 0.335 e. The maximum atomic E-state index is 12.1. The van der Waals surface area contributed by atoms with Crippen molar-refractivity contribution in [3.8, 4) is 0 Å². The first kappa shape index (κ1) is 17.4. The van der Waals surface area contributed by atoms with Gasteiger partial charge in [-0.3, -0.25) is 0 Å². The number of rotatable bonds is 5. The minimum absolute atomic E-state index is 0.0441. The number of carbonyl (C=O) groups is 2.